The Bertz CT molecular complexity index is 1100. The quantitative estimate of drug-likeness (QED) is 0.725. The van der Waals surface area contributed by atoms with Gasteiger partial charge in [0, 0.05) is 38.3 Å². The lowest BCUT2D eigenvalue weighted by molar-refractivity contribution is -0.128. The Balaban J connectivity index is 1.44. The molecule has 2 heterocycles. The number of carbonyl (C=O) groups excluding carboxylic acids is 2. The number of aryl methyl sites for hydroxylation is 1. The summed E-state index contributed by atoms with van der Waals surface area (Å²) in [5.74, 6) is -0.778. The molecular formula is C24H29N3O4S. The summed E-state index contributed by atoms with van der Waals surface area (Å²) in [6.45, 7) is 3.65. The summed E-state index contributed by atoms with van der Waals surface area (Å²) in [7, 11) is -3.60. The zero-order valence-electron chi connectivity index (χ0n) is 18.3. The molecule has 1 N–H and O–H groups in total. The second-order valence-corrected chi connectivity index (χ2v) is 10.5. The molecule has 0 saturated carbocycles. The van der Waals surface area contributed by atoms with E-state index in [1.165, 1.54) is 10.4 Å². The highest BCUT2D eigenvalue weighted by Gasteiger charge is 2.34. The molecule has 2 saturated heterocycles. The molecule has 2 aromatic carbocycles. The van der Waals surface area contributed by atoms with Crippen LogP contribution in [0.1, 0.15) is 36.8 Å². The predicted octanol–water partition coefficient (Wildman–Crippen LogP) is 3.16. The first-order valence-electron chi connectivity index (χ1n) is 11.1. The number of benzene rings is 2. The van der Waals surface area contributed by atoms with E-state index in [9.17, 15) is 18.0 Å². The van der Waals surface area contributed by atoms with E-state index in [-0.39, 0.29) is 23.1 Å². The van der Waals surface area contributed by atoms with E-state index in [0.717, 1.165) is 24.8 Å². The first kappa shape index (κ1) is 22.5. The Morgan fingerprint density at radius 1 is 1.06 bits per heavy atom. The van der Waals surface area contributed by atoms with Crippen molar-refractivity contribution >= 4 is 27.5 Å². The summed E-state index contributed by atoms with van der Waals surface area (Å²) in [6.07, 6.45) is 2.93. The van der Waals surface area contributed by atoms with Crippen molar-refractivity contribution in [3.63, 3.8) is 0 Å². The number of likely N-dealkylation sites (tertiary alicyclic amines) is 1. The number of nitrogens with zero attached hydrogens (tertiary/aromatic N) is 2. The van der Waals surface area contributed by atoms with Crippen molar-refractivity contribution in [1.82, 2.24) is 9.21 Å². The molecule has 2 amide bonds. The molecular weight excluding hydrogens is 426 g/mol. The molecule has 0 bridgehead atoms. The second-order valence-electron chi connectivity index (χ2n) is 8.60. The molecule has 1 unspecified atom stereocenters. The molecule has 0 aromatic heterocycles. The van der Waals surface area contributed by atoms with E-state index in [1.807, 2.05) is 30.3 Å². The van der Waals surface area contributed by atoms with Crippen LogP contribution in [-0.4, -0.2) is 49.1 Å². The number of hydrogen-bond acceptors (Lipinski definition) is 4. The molecule has 0 radical (unpaired) electrons. The summed E-state index contributed by atoms with van der Waals surface area (Å²) in [5.41, 5.74) is 2.11. The van der Waals surface area contributed by atoms with Crippen molar-refractivity contribution in [2.24, 2.45) is 5.92 Å². The third kappa shape index (κ3) is 4.86. The molecule has 0 spiro atoms. The van der Waals surface area contributed by atoms with Gasteiger partial charge in [0.2, 0.25) is 21.8 Å². The SMILES string of the molecule is Cc1ccc(NC(=O)C2CC(=O)N(Cc3ccccc3)C2)cc1S(=O)(=O)N1CCCCC1. The van der Waals surface area contributed by atoms with E-state index < -0.39 is 15.9 Å². The molecule has 1 atom stereocenters. The van der Waals surface area contributed by atoms with Gasteiger partial charge in [-0.2, -0.15) is 4.31 Å². The molecule has 2 aliphatic rings. The lowest BCUT2D eigenvalue weighted by Gasteiger charge is -2.26. The number of carbonyl (C=O) groups is 2. The molecule has 7 nitrogen and oxygen atoms in total. The number of nitrogens with one attached hydrogen (secondary N) is 1. The number of anilines is 1. The van der Waals surface area contributed by atoms with Gasteiger partial charge in [-0.3, -0.25) is 9.59 Å². The van der Waals surface area contributed by atoms with Crippen LogP contribution in [-0.2, 0) is 26.2 Å². The van der Waals surface area contributed by atoms with Gasteiger partial charge in [0.05, 0.1) is 10.8 Å². The lowest BCUT2D eigenvalue weighted by Crippen LogP contribution is -2.36. The van der Waals surface area contributed by atoms with E-state index in [2.05, 4.69) is 5.32 Å². The normalized spacial score (nSPS) is 19.8. The third-order valence-corrected chi connectivity index (χ3v) is 8.23. The number of amides is 2. The molecule has 2 aliphatic heterocycles. The summed E-state index contributed by atoms with van der Waals surface area (Å²) in [4.78, 5) is 27.2. The van der Waals surface area contributed by atoms with Crippen molar-refractivity contribution < 1.29 is 18.0 Å². The summed E-state index contributed by atoms with van der Waals surface area (Å²) in [6, 6.07) is 14.6. The van der Waals surface area contributed by atoms with Crippen LogP contribution in [0, 0.1) is 12.8 Å². The molecule has 8 heteroatoms. The zero-order chi connectivity index (χ0) is 22.7. The van der Waals surface area contributed by atoms with Crippen LogP contribution in [0.2, 0.25) is 0 Å². The summed E-state index contributed by atoms with van der Waals surface area (Å²) >= 11 is 0. The van der Waals surface area contributed by atoms with Gasteiger partial charge in [0.15, 0.2) is 0 Å². The van der Waals surface area contributed by atoms with E-state index in [1.54, 1.807) is 24.0 Å². The van der Waals surface area contributed by atoms with Crippen LogP contribution in [0.25, 0.3) is 0 Å². The average Bonchev–Trinajstić information content (AvgIpc) is 3.16. The highest BCUT2D eigenvalue weighted by molar-refractivity contribution is 7.89. The minimum absolute atomic E-state index is 0.0497. The van der Waals surface area contributed by atoms with Crippen LogP contribution in [0.5, 0.6) is 0 Å². The summed E-state index contributed by atoms with van der Waals surface area (Å²) in [5, 5.41) is 2.83. The van der Waals surface area contributed by atoms with Crippen LogP contribution in [0.15, 0.2) is 53.4 Å². The first-order chi connectivity index (χ1) is 15.3. The zero-order valence-corrected chi connectivity index (χ0v) is 19.1. The van der Waals surface area contributed by atoms with Crippen LogP contribution in [0.4, 0.5) is 5.69 Å². The minimum Gasteiger partial charge on any atom is -0.338 e. The van der Waals surface area contributed by atoms with Gasteiger partial charge in [-0.05, 0) is 43.0 Å². The maximum atomic E-state index is 13.1. The molecule has 32 heavy (non-hydrogen) atoms. The van der Waals surface area contributed by atoms with E-state index >= 15 is 0 Å². The van der Waals surface area contributed by atoms with Gasteiger partial charge in [0.1, 0.15) is 0 Å². The fraction of sp³-hybridized carbons (Fsp3) is 0.417. The van der Waals surface area contributed by atoms with Crippen molar-refractivity contribution in [3.8, 4) is 0 Å². The molecule has 2 aromatic rings. The Kier molecular flexibility index (Phi) is 6.62. The van der Waals surface area contributed by atoms with E-state index in [4.69, 9.17) is 0 Å². The number of sulfonamides is 1. The van der Waals surface area contributed by atoms with Crippen molar-refractivity contribution in [3.05, 3.63) is 59.7 Å². The van der Waals surface area contributed by atoms with Crippen molar-refractivity contribution in [2.75, 3.05) is 25.0 Å². The fourth-order valence-corrected chi connectivity index (χ4v) is 6.12. The number of hydrogen-bond donors (Lipinski definition) is 1. The molecule has 4 rings (SSSR count). The maximum absolute atomic E-state index is 13.1. The Morgan fingerprint density at radius 2 is 1.78 bits per heavy atom. The lowest BCUT2D eigenvalue weighted by atomic mass is 10.1. The average molecular weight is 456 g/mol. The fourth-order valence-electron chi connectivity index (χ4n) is 4.35. The van der Waals surface area contributed by atoms with E-state index in [0.29, 0.717) is 37.4 Å². The monoisotopic (exact) mass is 455 g/mol. The molecule has 2 fully saturated rings. The predicted molar refractivity (Wildman–Crippen MR) is 122 cm³/mol. The minimum atomic E-state index is -3.60. The van der Waals surface area contributed by atoms with Gasteiger partial charge in [-0.15, -0.1) is 0 Å². The standard InChI is InChI=1S/C24H29N3O4S/c1-18-10-11-21(15-22(18)32(30,31)27-12-6-3-7-13-27)25-24(29)20-14-23(28)26(17-20)16-19-8-4-2-5-9-19/h2,4-5,8-11,15,20H,3,6-7,12-14,16-17H2,1H3,(H,25,29). The van der Waals surface area contributed by atoms with Gasteiger partial charge in [0.25, 0.3) is 0 Å². The highest BCUT2D eigenvalue weighted by atomic mass is 32.2. The topological polar surface area (TPSA) is 86.8 Å². The van der Waals surface area contributed by atoms with Gasteiger partial charge < -0.3 is 10.2 Å². The van der Waals surface area contributed by atoms with Gasteiger partial charge >= 0.3 is 0 Å². The van der Waals surface area contributed by atoms with Crippen molar-refractivity contribution in [2.45, 2.75) is 44.0 Å². The summed E-state index contributed by atoms with van der Waals surface area (Å²) < 4.78 is 27.8. The van der Waals surface area contributed by atoms with Gasteiger partial charge in [-0.25, -0.2) is 8.42 Å². The van der Waals surface area contributed by atoms with Crippen LogP contribution >= 0.6 is 0 Å². The Hall–Kier alpha value is -2.71. The van der Waals surface area contributed by atoms with Gasteiger partial charge in [-0.1, -0.05) is 42.8 Å². The third-order valence-electron chi connectivity index (χ3n) is 6.19. The van der Waals surface area contributed by atoms with Crippen LogP contribution in [0.3, 0.4) is 0 Å². The second kappa shape index (κ2) is 9.42. The number of piperidine rings is 1. The van der Waals surface area contributed by atoms with Crippen molar-refractivity contribution in [1.29, 1.82) is 0 Å². The molecule has 170 valence electrons. The van der Waals surface area contributed by atoms with Crippen LogP contribution < -0.4 is 5.32 Å². The molecule has 0 aliphatic carbocycles. The largest absolute Gasteiger partial charge is 0.338 e. The smallest absolute Gasteiger partial charge is 0.243 e. The maximum Gasteiger partial charge on any atom is 0.243 e. The first-order valence-corrected chi connectivity index (χ1v) is 12.5. The Morgan fingerprint density at radius 3 is 2.50 bits per heavy atom. The number of rotatable bonds is 6. The Labute approximate surface area is 189 Å². The highest BCUT2D eigenvalue weighted by Crippen LogP contribution is 2.27.